The largest absolute Gasteiger partial charge is 0.497 e. The molecule has 0 spiro atoms. The molecule has 0 atom stereocenters. The van der Waals surface area contributed by atoms with Crippen LogP contribution in [-0.4, -0.2) is 22.1 Å². The molecule has 1 aromatic heterocycles. The molecule has 0 fully saturated rings. The van der Waals surface area contributed by atoms with Crippen LogP contribution in [0.15, 0.2) is 30.6 Å². The molecule has 0 amide bonds. The molecule has 0 aliphatic carbocycles. The van der Waals surface area contributed by atoms with E-state index in [1.54, 1.807) is 24.3 Å². The zero-order chi connectivity index (χ0) is 9.97. The molecular weight excluding hydrogens is 178 g/mol. The number of nitrogens with zero attached hydrogens (tertiary/aromatic N) is 3. The Kier molecular flexibility index (Phi) is 2.18. The van der Waals surface area contributed by atoms with Gasteiger partial charge in [0.25, 0.3) is 0 Å². The second kappa shape index (κ2) is 3.49. The SMILES string of the molecule is COc1ccc(-n2nccn2)c(C)c1. The van der Waals surface area contributed by atoms with E-state index in [1.807, 2.05) is 25.1 Å². The molecule has 4 heteroatoms. The lowest BCUT2D eigenvalue weighted by molar-refractivity contribution is 0.414. The summed E-state index contributed by atoms with van der Waals surface area (Å²) >= 11 is 0. The molecule has 0 bridgehead atoms. The third-order valence-corrected chi connectivity index (χ3v) is 2.04. The summed E-state index contributed by atoms with van der Waals surface area (Å²) in [7, 11) is 1.65. The molecule has 0 aliphatic rings. The smallest absolute Gasteiger partial charge is 0.119 e. The Bertz CT molecular complexity index is 423. The van der Waals surface area contributed by atoms with Crippen LogP contribution in [0.1, 0.15) is 5.56 Å². The van der Waals surface area contributed by atoms with Gasteiger partial charge in [0.15, 0.2) is 0 Å². The first-order valence-corrected chi connectivity index (χ1v) is 4.32. The molecule has 0 unspecified atom stereocenters. The van der Waals surface area contributed by atoms with Crippen molar-refractivity contribution in [1.29, 1.82) is 0 Å². The van der Waals surface area contributed by atoms with Crippen molar-refractivity contribution >= 4 is 0 Å². The van der Waals surface area contributed by atoms with Crippen LogP contribution in [0, 0.1) is 6.92 Å². The Morgan fingerprint density at radius 2 is 1.93 bits per heavy atom. The van der Waals surface area contributed by atoms with Gasteiger partial charge in [-0.25, -0.2) is 0 Å². The van der Waals surface area contributed by atoms with Gasteiger partial charge in [-0.1, -0.05) is 0 Å². The number of benzene rings is 1. The van der Waals surface area contributed by atoms with Crippen LogP contribution in [0.4, 0.5) is 0 Å². The normalized spacial score (nSPS) is 10.1. The van der Waals surface area contributed by atoms with Crippen molar-refractivity contribution in [3.63, 3.8) is 0 Å². The summed E-state index contributed by atoms with van der Waals surface area (Å²) in [4.78, 5) is 1.59. The molecule has 2 aromatic rings. The van der Waals surface area contributed by atoms with Crippen LogP contribution in [0.3, 0.4) is 0 Å². The number of hydrogen-bond donors (Lipinski definition) is 0. The maximum Gasteiger partial charge on any atom is 0.119 e. The maximum atomic E-state index is 5.12. The summed E-state index contributed by atoms with van der Waals surface area (Å²) in [5, 5.41) is 8.14. The van der Waals surface area contributed by atoms with E-state index in [-0.39, 0.29) is 0 Å². The highest BCUT2D eigenvalue weighted by molar-refractivity contribution is 5.43. The third-order valence-electron chi connectivity index (χ3n) is 2.04. The first kappa shape index (κ1) is 8.74. The van der Waals surface area contributed by atoms with Crippen molar-refractivity contribution in [3.05, 3.63) is 36.2 Å². The minimum absolute atomic E-state index is 0.846. The van der Waals surface area contributed by atoms with Crippen LogP contribution in [0.5, 0.6) is 5.75 Å². The van der Waals surface area contributed by atoms with E-state index in [1.165, 1.54) is 0 Å². The summed E-state index contributed by atoms with van der Waals surface area (Å²) in [6, 6.07) is 5.79. The lowest BCUT2D eigenvalue weighted by atomic mass is 10.2. The predicted molar refractivity (Wildman–Crippen MR) is 52.6 cm³/mol. The van der Waals surface area contributed by atoms with Gasteiger partial charge in [-0.2, -0.15) is 15.0 Å². The quantitative estimate of drug-likeness (QED) is 0.720. The van der Waals surface area contributed by atoms with Crippen molar-refractivity contribution in [1.82, 2.24) is 15.0 Å². The summed E-state index contributed by atoms with van der Waals surface area (Å²) in [6.07, 6.45) is 3.31. The van der Waals surface area contributed by atoms with Crippen molar-refractivity contribution < 1.29 is 4.74 Å². The molecule has 2 rings (SSSR count). The molecule has 0 N–H and O–H groups in total. The van der Waals surface area contributed by atoms with Gasteiger partial charge in [0.05, 0.1) is 25.2 Å². The Balaban J connectivity index is 2.46. The van der Waals surface area contributed by atoms with Gasteiger partial charge in [-0.05, 0) is 30.7 Å². The van der Waals surface area contributed by atoms with E-state index in [9.17, 15) is 0 Å². The van der Waals surface area contributed by atoms with Crippen LogP contribution in [0.25, 0.3) is 5.69 Å². The van der Waals surface area contributed by atoms with Gasteiger partial charge in [0, 0.05) is 0 Å². The molecule has 0 saturated heterocycles. The van der Waals surface area contributed by atoms with Crippen LogP contribution < -0.4 is 4.74 Å². The minimum Gasteiger partial charge on any atom is -0.497 e. The number of ether oxygens (including phenoxy) is 1. The second-order valence-electron chi connectivity index (χ2n) is 2.97. The minimum atomic E-state index is 0.846. The number of hydrogen-bond acceptors (Lipinski definition) is 3. The van der Waals surface area contributed by atoms with E-state index >= 15 is 0 Å². The lowest BCUT2D eigenvalue weighted by Crippen LogP contribution is -2.00. The zero-order valence-corrected chi connectivity index (χ0v) is 8.14. The molecule has 14 heavy (non-hydrogen) atoms. The van der Waals surface area contributed by atoms with Crippen LogP contribution in [-0.2, 0) is 0 Å². The molecule has 1 heterocycles. The molecule has 72 valence electrons. The Morgan fingerprint density at radius 3 is 2.50 bits per heavy atom. The average molecular weight is 189 g/mol. The van der Waals surface area contributed by atoms with Crippen molar-refractivity contribution in [2.75, 3.05) is 7.11 Å². The summed E-state index contributed by atoms with van der Waals surface area (Å²) in [5.74, 6) is 0.846. The van der Waals surface area contributed by atoms with Gasteiger partial charge >= 0.3 is 0 Å². The molecule has 0 saturated carbocycles. The summed E-state index contributed by atoms with van der Waals surface area (Å²) in [6.45, 7) is 2.00. The molecule has 0 radical (unpaired) electrons. The fourth-order valence-electron chi connectivity index (χ4n) is 1.32. The maximum absolute atomic E-state index is 5.12. The number of rotatable bonds is 2. The number of methoxy groups -OCH3 is 1. The fraction of sp³-hybridized carbons (Fsp3) is 0.200. The highest BCUT2D eigenvalue weighted by Crippen LogP contribution is 2.18. The average Bonchev–Trinajstić information content (AvgIpc) is 2.70. The van der Waals surface area contributed by atoms with Crippen molar-refractivity contribution in [2.24, 2.45) is 0 Å². The summed E-state index contributed by atoms with van der Waals surface area (Å²) in [5.41, 5.74) is 2.05. The molecule has 1 aromatic carbocycles. The van der Waals surface area contributed by atoms with Gasteiger partial charge < -0.3 is 4.74 Å². The highest BCUT2D eigenvalue weighted by atomic mass is 16.5. The second-order valence-corrected chi connectivity index (χ2v) is 2.97. The van der Waals surface area contributed by atoms with Crippen molar-refractivity contribution in [3.8, 4) is 11.4 Å². The Labute approximate surface area is 82.1 Å². The van der Waals surface area contributed by atoms with Crippen LogP contribution in [0.2, 0.25) is 0 Å². The third kappa shape index (κ3) is 1.46. The van der Waals surface area contributed by atoms with Gasteiger partial charge in [0.1, 0.15) is 5.75 Å². The monoisotopic (exact) mass is 189 g/mol. The number of aromatic nitrogens is 3. The predicted octanol–water partition coefficient (Wildman–Crippen LogP) is 1.58. The van der Waals surface area contributed by atoms with Gasteiger partial charge in [0.2, 0.25) is 0 Å². The first-order chi connectivity index (χ1) is 6.81. The van der Waals surface area contributed by atoms with E-state index in [0.717, 1.165) is 17.0 Å². The lowest BCUT2D eigenvalue weighted by Gasteiger charge is -2.06. The number of aryl methyl sites for hydroxylation is 1. The van der Waals surface area contributed by atoms with Crippen LogP contribution >= 0.6 is 0 Å². The molecule has 4 nitrogen and oxygen atoms in total. The van der Waals surface area contributed by atoms with Crippen molar-refractivity contribution in [2.45, 2.75) is 6.92 Å². The summed E-state index contributed by atoms with van der Waals surface area (Å²) < 4.78 is 5.12. The Hall–Kier alpha value is -1.84. The van der Waals surface area contributed by atoms with E-state index < -0.39 is 0 Å². The first-order valence-electron chi connectivity index (χ1n) is 4.32. The molecule has 0 aliphatic heterocycles. The highest BCUT2D eigenvalue weighted by Gasteiger charge is 2.02. The van der Waals surface area contributed by atoms with E-state index in [0.29, 0.717) is 0 Å². The standard InChI is InChI=1S/C10H11N3O/c1-8-7-9(14-2)3-4-10(8)13-11-5-6-12-13/h3-7H,1-2H3. The van der Waals surface area contributed by atoms with Gasteiger partial charge in [-0.15, -0.1) is 0 Å². The zero-order valence-electron chi connectivity index (χ0n) is 8.14. The van der Waals surface area contributed by atoms with E-state index in [2.05, 4.69) is 10.2 Å². The molecular formula is C10H11N3O. The Morgan fingerprint density at radius 1 is 1.21 bits per heavy atom. The van der Waals surface area contributed by atoms with E-state index in [4.69, 9.17) is 4.74 Å². The fourth-order valence-corrected chi connectivity index (χ4v) is 1.32. The topological polar surface area (TPSA) is 39.9 Å². The van der Waals surface area contributed by atoms with Gasteiger partial charge in [-0.3, -0.25) is 0 Å².